The number of nitrogens with zero attached hydrogens (tertiary/aromatic N) is 4. The maximum Gasteiger partial charge on any atom is 0.248 e. The lowest BCUT2D eigenvalue weighted by Crippen LogP contribution is -2.60. The van der Waals surface area contributed by atoms with Gasteiger partial charge in [-0.3, -0.25) is 19.3 Å². The first kappa shape index (κ1) is 17.7. The summed E-state index contributed by atoms with van der Waals surface area (Å²) in [7, 11) is 0. The van der Waals surface area contributed by atoms with Crippen LogP contribution in [0.2, 0.25) is 0 Å². The van der Waals surface area contributed by atoms with Crippen LogP contribution < -0.4 is 10.6 Å². The molecule has 8 heteroatoms. The lowest BCUT2D eigenvalue weighted by molar-refractivity contribution is -0.145. The minimum absolute atomic E-state index is 0.0571. The summed E-state index contributed by atoms with van der Waals surface area (Å²) in [6, 6.07) is 5.00. The molecule has 0 radical (unpaired) electrons. The molecule has 0 aromatic carbocycles. The van der Waals surface area contributed by atoms with E-state index in [0.717, 1.165) is 18.5 Å². The van der Waals surface area contributed by atoms with E-state index >= 15 is 0 Å². The maximum atomic E-state index is 13.3. The quantitative estimate of drug-likeness (QED) is 0.815. The van der Waals surface area contributed by atoms with Crippen molar-refractivity contribution in [2.24, 2.45) is 5.41 Å². The molecule has 2 aliphatic rings. The summed E-state index contributed by atoms with van der Waals surface area (Å²) in [5, 5.41) is 10.3. The first-order valence-corrected chi connectivity index (χ1v) is 9.30. The van der Waals surface area contributed by atoms with Crippen molar-refractivity contribution >= 4 is 17.5 Å². The summed E-state index contributed by atoms with van der Waals surface area (Å²) >= 11 is 0. The van der Waals surface area contributed by atoms with E-state index in [9.17, 15) is 9.59 Å². The fourth-order valence-electron chi connectivity index (χ4n) is 3.55. The maximum absolute atomic E-state index is 13.3. The van der Waals surface area contributed by atoms with E-state index in [-0.39, 0.29) is 11.8 Å². The Labute approximate surface area is 158 Å². The highest BCUT2D eigenvalue weighted by Crippen LogP contribution is 2.49. The molecule has 1 aliphatic carbocycles. The molecule has 27 heavy (non-hydrogen) atoms. The van der Waals surface area contributed by atoms with Gasteiger partial charge >= 0.3 is 0 Å². The van der Waals surface area contributed by atoms with Gasteiger partial charge in [0.2, 0.25) is 11.8 Å². The number of anilines is 1. The lowest BCUT2D eigenvalue weighted by Gasteiger charge is -2.37. The molecule has 0 unspecified atom stereocenters. The molecule has 0 spiro atoms. The molecule has 1 aliphatic heterocycles. The van der Waals surface area contributed by atoms with Gasteiger partial charge in [-0.1, -0.05) is 0 Å². The van der Waals surface area contributed by atoms with Crippen LogP contribution in [0.5, 0.6) is 0 Å². The van der Waals surface area contributed by atoms with Gasteiger partial charge in [-0.2, -0.15) is 5.10 Å². The number of carbonyl (C=O) groups is 2. The summed E-state index contributed by atoms with van der Waals surface area (Å²) in [5.74, 6) is -0.127. The first-order chi connectivity index (χ1) is 13.1. The first-order valence-electron chi connectivity index (χ1n) is 9.30. The fourth-order valence-corrected chi connectivity index (χ4v) is 3.55. The number of aryl methyl sites for hydroxylation is 1. The van der Waals surface area contributed by atoms with Gasteiger partial charge in [0.15, 0.2) is 0 Å². The summed E-state index contributed by atoms with van der Waals surface area (Å²) in [4.78, 5) is 32.1. The number of nitrogens with one attached hydrogen (secondary N) is 2. The van der Waals surface area contributed by atoms with Crippen LogP contribution in [-0.4, -0.2) is 57.2 Å². The molecular weight excluding hydrogens is 344 g/mol. The van der Waals surface area contributed by atoms with Gasteiger partial charge in [-0.05, 0) is 38.0 Å². The van der Waals surface area contributed by atoms with E-state index in [1.807, 2.05) is 31.3 Å². The van der Waals surface area contributed by atoms with Crippen LogP contribution in [0.3, 0.4) is 0 Å². The van der Waals surface area contributed by atoms with Crippen LogP contribution >= 0.6 is 0 Å². The predicted molar refractivity (Wildman–Crippen MR) is 99.9 cm³/mol. The minimum atomic E-state index is -0.525. The molecule has 0 bridgehead atoms. The van der Waals surface area contributed by atoms with E-state index in [0.29, 0.717) is 31.9 Å². The molecule has 1 saturated heterocycles. The van der Waals surface area contributed by atoms with Gasteiger partial charge in [-0.25, -0.2) is 0 Å². The number of piperazine rings is 1. The second-order valence-corrected chi connectivity index (χ2v) is 7.38. The van der Waals surface area contributed by atoms with Crippen LogP contribution in [0, 0.1) is 12.3 Å². The third kappa shape index (κ3) is 3.71. The molecular formula is C19H24N6O2. The molecule has 142 valence electrons. The van der Waals surface area contributed by atoms with Crippen molar-refractivity contribution in [1.29, 1.82) is 0 Å². The second kappa shape index (κ2) is 7.11. The Morgan fingerprint density at radius 2 is 2.22 bits per heavy atom. The highest BCUT2D eigenvalue weighted by molar-refractivity contribution is 5.98. The monoisotopic (exact) mass is 368 g/mol. The standard InChI is InChI=1S/C19H24N6O2/c1-14-3-4-15(11-21-14)23-17(26)16-12-20-8-10-25(16)18(27)19(5-6-19)13-24-9-2-7-22-24/h2-4,7,9,11,16,20H,5-6,8,10,12-13H2,1H3,(H,23,26)/t16-/m0/s1. The number of carbonyl (C=O) groups excluding carboxylic acids is 2. The Hall–Kier alpha value is -2.74. The predicted octanol–water partition coefficient (Wildman–Crippen LogP) is 0.806. The minimum Gasteiger partial charge on any atom is -0.328 e. The third-order valence-corrected chi connectivity index (χ3v) is 5.32. The average Bonchev–Trinajstić information content (AvgIpc) is 3.28. The molecule has 1 saturated carbocycles. The van der Waals surface area contributed by atoms with Crippen molar-refractivity contribution < 1.29 is 9.59 Å². The van der Waals surface area contributed by atoms with Crippen molar-refractivity contribution in [3.63, 3.8) is 0 Å². The van der Waals surface area contributed by atoms with Gasteiger partial charge < -0.3 is 15.5 Å². The number of rotatable bonds is 5. The summed E-state index contributed by atoms with van der Waals surface area (Å²) in [5.41, 5.74) is 1.10. The topological polar surface area (TPSA) is 92.2 Å². The number of pyridine rings is 1. The van der Waals surface area contributed by atoms with E-state index in [1.54, 1.807) is 22.0 Å². The molecule has 8 nitrogen and oxygen atoms in total. The number of aromatic nitrogens is 3. The Balaban J connectivity index is 1.47. The Morgan fingerprint density at radius 1 is 1.37 bits per heavy atom. The Kier molecular flexibility index (Phi) is 4.65. The largest absolute Gasteiger partial charge is 0.328 e. The van der Waals surface area contributed by atoms with Crippen molar-refractivity contribution in [1.82, 2.24) is 25.0 Å². The van der Waals surface area contributed by atoms with E-state index < -0.39 is 11.5 Å². The van der Waals surface area contributed by atoms with Gasteiger partial charge in [0, 0.05) is 37.7 Å². The molecule has 1 atom stereocenters. The Bertz CT molecular complexity index is 813. The normalized spacial score (nSPS) is 20.9. The molecule has 2 amide bonds. The molecule has 2 N–H and O–H groups in total. The summed E-state index contributed by atoms with van der Waals surface area (Å²) < 4.78 is 1.81. The molecule has 2 aromatic heterocycles. The van der Waals surface area contributed by atoms with Crippen LogP contribution in [0.15, 0.2) is 36.8 Å². The van der Waals surface area contributed by atoms with Crippen molar-refractivity contribution in [3.8, 4) is 0 Å². The second-order valence-electron chi connectivity index (χ2n) is 7.38. The zero-order valence-electron chi connectivity index (χ0n) is 15.4. The third-order valence-electron chi connectivity index (χ3n) is 5.32. The highest BCUT2D eigenvalue weighted by Gasteiger charge is 2.53. The van der Waals surface area contributed by atoms with Gasteiger partial charge in [0.1, 0.15) is 6.04 Å². The zero-order valence-corrected chi connectivity index (χ0v) is 15.4. The lowest BCUT2D eigenvalue weighted by atomic mass is 10.0. The van der Waals surface area contributed by atoms with E-state index in [1.165, 1.54) is 0 Å². The van der Waals surface area contributed by atoms with Gasteiger partial charge in [0.05, 0.1) is 23.8 Å². The van der Waals surface area contributed by atoms with Crippen LogP contribution in [0.25, 0.3) is 0 Å². The van der Waals surface area contributed by atoms with Crippen molar-refractivity contribution in [3.05, 3.63) is 42.5 Å². The number of hydrogen-bond donors (Lipinski definition) is 2. The molecule has 3 heterocycles. The Morgan fingerprint density at radius 3 is 2.89 bits per heavy atom. The summed E-state index contributed by atoms with van der Waals surface area (Å²) in [6.07, 6.45) is 6.91. The highest BCUT2D eigenvalue weighted by atomic mass is 16.2. The number of amides is 2. The van der Waals surface area contributed by atoms with Crippen LogP contribution in [0.4, 0.5) is 5.69 Å². The van der Waals surface area contributed by atoms with Crippen LogP contribution in [-0.2, 0) is 16.1 Å². The van der Waals surface area contributed by atoms with E-state index in [2.05, 4.69) is 20.7 Å². The SMILES string of the molecule is Cc1ccc(NC(=O)[C@@H]2CNCCN2C(=O)C2(Cn3cccn3)CC2)cn1. The zero-order chi connectivity index (χ0) is 18.9. The van der Waals surface area contributed by atoms with Crippen LogP contribution in [0.1, 0.15) is 18.5 Å². The fraction of sp³-hybridized carbons (Fsp3) is 0.474. The van der Waals surface area contributed by atoms with E-state index in [4.69, 9.17) is 0 Å². The average molecular weight is 368 g/mol. The van der Waals surface area contributed by atoms with Crippen molar-refractivity contribution in [2.45, 2.75) is 32.4 Å². The van der Waals surface area contributed by atoms with Gasteiger partial charge in [-0.15, -0.1) is 0 Å². The number of hydrogen-bond acceptors (Lipinski definition) is 5. The molecule has 2 aromatic rings. The van der Waals surface area contributed by atoms with Gasteiger partial charge in [0.25, 0.3) is 0 Å². The molecule has 4 rings (SSSR count). The molecule has 2 fully saturated rings. The summed E-state index contributed by atoms with van der Waals surface area (Å²) in [6.45, 7) is 4.14. The smallest absolute Gasteiger partial charge is 0.248 e. The van der Waals surface area contributed by atoms with Crippen molar-refractivity contribution in [2.75, 3.05) is 25.0 Å².